The van der Waals surface area contributed by atoms with Gasteiger partial charge < -0.3 is 16.2 Å². The molecule has 1 unspecified atom stereocenters. The number of rotatable bonds is 3. The Balaban J connectivity index is 1.90. The van der Waals surface area contributed by atoms with Gasteiger partial charge in [-0.05, 0) is 24.6 Å². The Hall–Kier alpha value is -3.61. The summed E-state index contributed by atoms with van der Waals surface area (Å²) in [6, 6.07) is 15.7. The maximum absolute atomic E-state index is 12.1. The van der Waals surface area contributed by atoms with Crippen LogP contribution in [0.15, 0.2) is 65.9 Å². The molecule has 0 spiro atoms. The first-order valence-corrected chi connectivity index (χ1v) is 8.13. The zero-order chi connectivity index (χ0) is 18.3. The second-order valence-corrected chi connectivity index (χ2v) is 6.10. The second-order valence-electron chi connectivity index (χ2n) is 6.10. The summed E-state index contributed by atoms with van der Waals surface area (Å²) >= 11 is 0. The van der Waals surface area contributed by atoms with Gasteiger partial charge in [-0.1, -0.05) is 42.5 Å². The standard InChI is InChI=1S/C19H17N5O2/c1-11-15(17(20)26)16(13-8-5-9-14(25)10-13)24-19(21-11)22-18(23-24)12-6-3-2-4-7-12/h2-10,16,25H,1H3,(H2,20,26)(H,21,22,23). The average Bonchev–Trinajstić information content (AvgIpc) is 3.04. The van der Waals surface area contributed by atoms with Gasteiger partial charge in [0, 0.05) is 11.3 Å². The third-order valence-corrected chi connectivity index (χ3v) is 4.34. The molecule has 130 valence electrons. The summed E-state index contributed by atoms with van der Waals surface area (Å²) in [6.45, 7) is 1.77. The molecule has 2 heterocycles. The van der Waals surface area contributed by atoms with Crippen LogP contribution in [0.4, 0.5) is 5.95 Å². The van der Waals surface area contributed by atoms with Crippen molar-refractivity contribution in [2.45, 2.75) is 13.0 Å². The molecule has 0 bridgehead atoms. The summed E-state index contributed by atoms with van der Waals surface area (Å²) in [5.74, 6) is 0.606. The highest BCUT2D eigenvalue weighted by Crippen LogP contribution is 2.36. The number of nitrogens with two attached hydrogens (primary N) is 1. The minimum atomic E-state index is -0.569. The van der Waals surface area contributed by atoms with Crippen LogP contribution in [-0.2, 0) is 4.79 Å². The van der Waals surface area contributed by atoms with Crippen LogP contribution in [-0.4, -0.2) is 25.8 Å². The van der Waals surface area contributed by atoms with Gasteiger partial charge in [0.15, 0.2) is 5.82 Å². The molecule has 1 aliphatic rings. The van der Waals surface area contributed by atoms with E-state index in [4.69, 9.17) is 5.73 Å². The SMILES string of the molecule is CC1=C(C(N)=O)C(c2cccc(O)c2)n2nc(-c3ccccc3)nc2N1. The number of nitrogens with one attached hydrogen (secondary N) is 1. The molecule has 4 N–H and O–H groups in total. The molecule has 7 heteroatoms. The summed E-state index contributed by atoms with van der Waals surface area (Å²) in [4.78, 5) is 16.7. The molecule has 1 aliphatic heterocycles. The van der Waals surface area contributed by atoms with Crippen molar-refractivity contribution in [3.63, 3.8) is 0 Å². The van der Waals surface area contributed by atoms with Gasteiger partial charge >= 0.3 is 0 Å². The van der Waals surface area contributed by atoms with Gasteiger partial charge in [0.1, 0.15) is 11.8 Å². The summed E-state index contributed by atoms with van der Waals surface area (Å²) in [5.41, 5.74) is 8.20. The largest absolute Gasteiger partial charge is 0.508 e. The van der Waals surface area contributed by atoms with Crippen LogP contribution in [0.1, 0.15) is 18.5 Å². The quantitative estimate of drug-likeness (QED) is 0.675. The number of nitrogens with zero attached hydrogens (tertiary/aromatic N) is 3. The van der Waals surface area contributed by atoms with Gasteiger partial charge in [-0.3, -0.25) is 4.79 Å². The lowest BCUT2D eigenvalue weighted by Crippen LogP contribution is -2.31. The van der Waals surface area contributed by atoms with Crippen molar-refractivity contribution < 1.29 is 9.90 Å². The molecule has 0 radical (unpaired) electrons. The van der Waals surface area contributed by atoms with Crippen molar-refractivity contribution in [3.05, 3.63) is 71.4 Å². The molecule has 1 aromatic heterocycles. The van der Waals surface area contributed by atoms with E-state index >= 15 is 0 Å². The highest BCUT2D eigenvalue weighted by molar-refractivity contribution is 5.95. The zero-order valence-corrected chi connectivity index (χ0v) is 14.0. The molecular formula is C19H17N5O2. The molecule has 0 aliphatic carbocycles. The first-order valence-electron chi connectivity index (χ1n) is 8.13. The highest BCUT2D eigenvalue weighted by atomic mass is 16.3. The number of carbonyl (C=O) groups is 1. The number of hydrogen-bond donors (Lipinski definition) is 3. The van der Waals surface area contributed by atoms with Crippen LogP contribution in [0.3, 0.4) is 0 Å². The first kappa shape index (κ1) is 15.9. The lowest BCUT2D eigenvalue weighted by molar-refractivity contribution is -0.115. The van der Waals surface area contributed by atoms with Crippen molar-refractivity contribution in [1.29, 1.82) is 0 Å². The van der Waals surface area contributed by atoms with Gasteiger partial charge in [0.05, 0.1) is 5.57 Å². The van der Waals surface area contributed by atoms with E-state index in [-0.39, 0.29) is 5.75 Å². The minimum absolute atomic E-state index is 0.104. The maximum atomic E-state index is 12.1. The topological polar surface area (TPSA) is 106 Å². The number of aromatic hydroxyl groups is 1. The normalized spacial score (nSPS) is 16.1. The third kappa shape index (κ3) is 2.59. The molecule has 1 atom stereocenters. The number of allylic oxidation sites excluding steroid dienone is 1. The van der Waals surface area contributed by atoms with E-state index in [1.165, 1.54) is 0 Å². The number of anilines is 1. The summed E-state index contributed by atoms with van der Waals surface area (Å²) in [6.07, 6.45) is 0. The summed E-state index contributed by atoms with van der Waals surface area (Å²) in [5, 5.41) is 17.6. The van der Waals surface area contributed by atoms with E-state index in [2.05, 4.69) is 15.4 Å². The first-order chi connectivity index (χ1) is 12.5. The fourth-order valence-corrected chi connectivity index (χ4v) is 3.18. The Bertz CT molecular complexity index is 1020. The molecule has 0 fully saturated rings. The average molecular weight is 347 g/mol. The van der Waals surface area contributed by atoms with E-state index in [1.807, 2.05) is 36.4 Å². The molecule has 3 aromatic rings. The van der Waals surface area contributed by atoms with Gasteiger partial charge in [0.2, 0.25) is 11.9 Å². The Kier molecular flexibility index (Phi) is 3.69. The highest BCUT2D eigenvalue weighted by Gasteiger charge is 2.33. The molecule has 0 saturated heterocycles. The zero-order valence-electron chi connectivity index (χ0n) is 14.0. The van der Waals surface area contributed by atoms with Gasteiger partial charge in [-0.15, -0.1) is 5.10 Å². The summed E-state index contributed by atoms with van der Waals surface area (Å²) in [7, 11) is 0. The van der Waals surface area contributed by atoms with Crippen LogP contribution in [0, 0.1) is 0 Å². The van der Waals surface area contributed by atoms with Crippen molar-refractivity contribution in [2.24, 2.45) is 5.73 Å². The number of phenols is 1. The number of fused-ring (bicyclic) bond motifs is 1. The van der Waals surface area contributed by atoms with Crippen LogP contribution in [0.5, 0.6) is 5.75 Å². The van der Waals surface area contributed by atoms with E-state index in [0.717, 1.165) is 5.56 Å². The Morgan fingerprint density at radius 3 is 2.65 bits per heavy atom. The van der Waals surface area contributed by atoms with Crippen LogP contribution < -0.4 is 11.1 Å². The predicted molar refractivity (Wildman–Crippen MR) is 97.2 cm³/mol. The number of carbonyl (C=O) groups excluding carboxylic acids is 1. The van der Waals surface area contributed by atoms with Gasteiger partial charge in [0.25, 0.3) is 0 Å². The second kappa shape index (κ2) is 6.03. The fourth-order valence-electron chi connectivity index (χ4n) is 3.18. The molecular weight excluding hydrogens is 330 g/mol. The van der Waals surface area contributed by atoms with Crippen molar-refractivity contribution in [1.82, 2.24) is 14.8 Å². The van der Waals surface area contributed by atoms with Gasteiger partial charge in [-0.2, -0.15) is 4.98 Å². The molecule has 26 heavy (non-hydrogen) atoms. The number of primary amides is 1. The number of hydrogen-bond acceptors (Lipinski definition) is 5. The van der Waals surface area contributed by atoms with E-state index in [9.17, 15) is 9.90 Å². The lowest BCUT2D eigenvalue weighted by atomic mass is 9.95. The monoisotopic (exact) mass is 347 g/mol. The van der Waals surface area contributed by atoms with Crippen molar-refractivity contribution in [2.75, 3.05) is 5.32 Å². The maximum Gasteiger partial charge on any atom is 0.248 e. The van der Waals surface area contributed by atoms with Gasteiger partial charge in [-0.25, -0.2) is 4.68 Å². The van der Waals surface area contributed by atoms with Crippen LogP contribution in [0.25, 0.3) is 11.4 Å². The van der Waals surface area contributed by atoms with E-state index < -0.39 is 11.9 Å². The Labute approximate surface area is 149 Å². The molecule has 7 nitrogen and oxygen atoms in total. The van der Waals surface area contributed by atoms with Crippen molar-refractivity contribution >= 4 is 11.9 Å². The predicted octanol–water partition coefficient (Wildman–Crippen LogP) is 2.42. The molecule has 4 rings (SSSR count). The number of benzene rings is 2. The number of amides is 1. The Morgan fingerprint density at radius 2 is 1.96 bits per heavy atom. The smallest absolute Gasteiger partial charge is 0.248 e. The van der Waals surface area contributed by atoms with E-state index in [0.29, 0.717) is 28.6 Å². The summed E-state index contributed by atoms with van der Waals surface area (Å²) < 4.78 is 1.63. The molecule has 2 aromatic carbocycles. The molecule has 1 amide bonds. The number of aromatic nitrogens is 3. The molecule has 0 saturated carbocycles. The van der Waals surface area contributed by atoms with Crippen LogP contribution >= 0.6 is 0 Å². The minimum Gasteiger partial charge on any atom is -0.508 e. The lowest BCUT2D eigenvalue weighted by Gasteiger charge is -2.27. The third-order valence-electron chi connectivity index (χ3n) is 4.34. The van der Waals surface area contributed by atoms with E-state index in [1.54, 1.807) is 29.8 Å². The fraction of sp³-hybridized carbons (Fsp3) is 0.105. The number of phenolic OH excluding ortho intramolecular Hbond substituents is 1. The van der Waals surface area contributed by atoms with Crippen molar-refractivity contribution in [3.8, 4) is 17.1 Å². The van der Waals surface area contributed by atoms with Crippen LogP contribution in [0.2, 0.25) is 0 Å². The Morgan fingerprint density at radius 1 is 1.19 bits per heavy atom.